The zero-order chi connectivity index (χ0) is 15.1. The van der Waals surface area contributed by atoms with E-state index >= 15 is 0 Å². The Balaban J connectivity index is 1.78. The maximum absolute atomic E-state index is 11.8. The minimum atomic E-state index is -0.137. The smallest absolute Gasteiger partial charge is 0.238 e. The molecule has 0 saturated heterocycles. The standard InChI is InChI=1S/C16H17N3O2/c1-12(20)13-5-7-14(8-6-13)19-16(21)11-17-10-15-4-2-3-9-18-15/h2-9,17H,10-11H2,1H3,(H,19,21). The lowest BCUT2D eigenvalue weighted by atomic mass is 10.1. The topological polar surface area (TPSA) is 71.1 Å². The fraction of sp³-hybridized carbons (Fsp3) is 0.188. The van der Waals surface area contributed by atoms with E-state index in [1.807, 2.05) is 18.2 Å². The Labute approximate surface area is 123 Å². The number of carbonyl (C=O) groups excluding carboxylic acids is 2. The van der Waals surface area contributed by atoms with Crippen molar-refractivity contribution in [3.8, 4) is 0 Å². The van der Waals surface area contributed by atoms with Crippen LogP contribution < -0.4 is 10.6 Å². The van der Waals surface area contributed by atoms with Crippen molar-refractivity contribution in [2.75, 3.05) is 11.9 Å². The average molecular weight is 283 g/mol. The lowest BCUT2D eigenvalue weighted by Crippen LogP contribution is -2.27. The molecule has 1 aromatic heterocycles. The number of rotatable bonds is 6. The number of anilines is 1. The number of nitrogens with zero attached hydrogens (tertiary/aromatic N) is 1. The normalized spacial score (nSPS) is 10.1. The van der Waals surface area contributed by atoms with E-state index in [4.69, 9.17) is 0 Å². The predicted octanol–water partition coefficient (Wildman–Crippen LogP) is 2.01. The van der Waals surface area contributed by atoms with Gasteiger partial charge in [0.25, 0.3) is 0 Å². The van der Waals surface area contributed by atoms with Gasteiger partial charge in [0.05, 0.1) is 12.2 Å². The zero-order valence-electron chi connectivity index (χ0n) is 11.8. The van der Waals surface area contributed by atoms with Gasteiger partial charge in [-0.2, -0.15) is 0 Å². The number of ketones is 1. The fourth-order valence-corrected chi connectivity index (χ4v) is 1.80. The van der Waals surface area contributed by atoms with E-state index in [0.29, 0.717) is 17.8 Å². The van der Waals surface area contributed by atoms with Gasteiger partial charge in [-0.25, -0.2) is 0 Å². The monoisotopic (exact) mass is 283 g/mol. The number of carbonyl (C=O) groups is 2. The van der Waals surface area contributed by atoms with Gasteiger partial charge in [-0.3, -0.25) is 14.6 Å². The SMILES string of the molecule is CC(=O)c1ccc(NC(=O)CNCc2ccccn2)cc1. The van der Waals surface area contributed by atoms with Crippen molar-refractivity contribution >= 4 is 17.4 Å². The lowest BCUT2D eigenvalue weighted by Gasteiger charge is -2.07. The highest BCUT2D eigenvalue weighted by Gasteiger charge is 2.03. The van der Waals surface area contributed by atoms with Crippen molar-refractivity contribution in [1.29, 1.82) is 0 Å². The van der Waals surface area contributed by atoms with Crippen LogP contribution in [0.3, 0.4) is 0 Å². The Bertz CT molecular complexity index is 609. The summed E-state index contributed by atoms with van der Waals surface area (Å²) in [6.07, 6.45) is 1.72. The van der Waals surface area contributed by atoms with Gasteiger partial charge < -0.3 is 10.6 Å². The first-order chi connectivity index (χ1) is 10.1. The van der Waals surface area contributed by atoms with Gasteiger partial charge in [-0.1, -0.05) is 6.07 Å². The second kappa shape index (κ2) is 7.31. The third-order valence-electron chi connectivity index (χ3n) is 2.89. The van der Waals surface area contributed by atoms with Crippen molar-refractivity contribution < 1.29 is 9.59 Å². The molecule has 2 N–H and O–H groups in total. The molecule has 2 rings (SSSR count). The summed E-state index contributed by atoms with van der Waals surface area (Å²) in [6.45, 7) is 2.25. The highest BCUT2D eigenvalue weighted by Crippen LogP contribution is 2.09. The minimum Gasteiger partial charge on any atom is -0.325 e. The van der Waals surface area contributed by atoms with Crippen LogP contribution in [0.2, 0.25) is 0 Å². The van der Waals surface area contributed by atoms with E-state index in [1.165, 1.54) is 6.92 Å². The van der Waals surface area contributed by atoms with Gasteiger partial charge in [0.2, 0.25) is 5.91 Å². The van der Waals surface area contributed by atoms with Crippen LogP contribution in [0.4, 0.5) is 5.69 Å². The summed E-state index contributed by atoms with van der Waals surface area (Å²) < 4.78 is 0. The number of nitrogens with one attached hydrogen (secondary N) is 2. The second-order valence-corrected chi connectivity index (χ2v) is 4.61. The minimum absolute atomic E-state index is 0.00454. The molecule has 0 fully saturated rings. The molecule has 5 nitrogen and oxygen atoms in total. The Hall–Kier alpha value is -2.53. The number of amides is 1. The number of aromatic nitrogens is 1. The van der Waals surface area contributed by atoms with Gasteiger partial charge in [-0.15, -0.1) is 0 Å². The highest BCUT2D eigenvalue weighted by molar-refractivity contribution is 5.96. The number of Topliss-reactive ketones (excluding diaryl/α,β-unsaturated/α-hetero) is 1. The molecule has 0 bridgehead atoms. The molecule has 0 aliphatic carbocycles. The van der Waals surface area contributed by atoms with Crippen molar-refractivity contribution in [3.63, 3.8) is 0 Å². The number of hydrogen-bond acceptors (Lipinski definition) is 4. The molecule has 0 atom stereocenters. The first kappa shape index (κ1) is 14.9. The van der Waals surface area contributed by atoms with Gasteiger partial charge in [0, 0.05) is 24.0 Å². The molecule has 0 aliphatic rings. The van der Waals surface area contributed by atoms with E-state index in [0.717, 1.165) is 5.69 Å². The summed E-state index contributed by atoms with van der Waals surface area (Å²) in [5.74, 6) is -0.133. The van der Waals surface area contributed by atoms with Crippen LogP contribution in [0.1, 0.15) is 23.0 Å². The Morgan fingerprint density at radius 1 is 1.10 bits per heavy atom. The van der Waals surface area contributed by atoms with E-state index in [9.17, 15) is 9.59 Å². The molecular weight excluding hydrogens is 266 g/mol. The third kappa shape index (κ3) is 4.81. The molecule has 21 heavy (non-hydrogen) atoms. The fourth-order valence-electron chi connectivity index (χ4n) is 1.80. The highest BCUT2D eigenvalue weighted by atomic mass is 16.2. The molecule has 0 spiro atoms. The van der Waals surface area contributed by atoms with Crippen LogP contribution in [0, 0.1) is 0 Å². The molecule has 2 aromatic rings. The summed E-state index contributed by atoms with van der Waals surface area (Å²) in [5, 5.41) is 5.78. The molecule has 5 heteroatoms. The van der Waals surface area contributed by atoms with Crippen LogP contribution in [0.25, 0.3) is 0 Å². The summed E-state index contributed by atoms with van der Waals surface area (Å²) in [6, 6.07) is 12.5. The Morgan fingerprint density at radius 2 is 1.86 bits per heavy atom. The molecule has 108 valence electrons. The first-order valence-corrected chi connectivity index (χ1v) is 6.66. The van der Waals surface area contributed by atoms with Crippen LogP contribution in [-0.2, 0) is 11.3 Å². The van der Waals surface area contributed by atoms with Crippen LogP contribution >= 0.6 is 0 Å². The van der Waals surface area contributed by atoms with Crippen molar-refractivity contribution in [1.82, 2.24) is 10.3 Å². The Morgan fingerprint density at radius 3 is 2.48 bits per heavy atom. The quantitative estimate of drug-likeness (QED) is 0.796. The van der Waals surface area contributed by atoms with Crippen molar-refractivity contribution in [2.45, 2.75) is 13.5 Å². The van der Waals surface area contributed by atoms with E-state index in [-0.39, 0.29) is 18.2 Å². The summed E-state index contributed by atoms with van der Waals surface area (Å²) >= 11 is 0. The van der Waals surface area contributed by atoms with E-state index < -0.39 is 0 Å². The first-order valence-electron chi connectivity index (χ1n) is 6.66. The summed E-state index contributed by atoms with van der Waals surface area (Å²) in [7, 11) is 0. The van der Waals surface area contributed by atoms with Crippen LogP contribution in [0.15, 0.2) is 48.7 Å². The summed E-state index contributed by atoms with van der Waals surface area (Å²) in [5.41, 5.74) is 2.18. The summed E-state index contributed by atoms with van der Waals surface area (Å²) in [4.78, 5) is 27.1. The predicted molar refractivity (Wildman–Crippen MR) is 81.0 cm³/mol. The third-order valence-corrected chi connectivity index (χ3v) is 2.89. The molecule has 0 saturated carbocycles. The van der Waals surface area contributed by atoms with E-state index in [1.54, 1.807) is 30.5 Å². The number of hydrogen-bond donors (Lipinski definition) is 2. The molecule has 1 heterocycles. The molecule has 0 unspecified atom stereocenters. The largest absolute Gasteiger partial charge is 0.325 e. The number of benzene rings is 1. The molecule has 1 amide bonds. The molecular formula is C16H17N3O2. The maximum atomic E-state index is 11.8. The van der Waals surface area contributed by atoms with Gasteiger partial charge >= 0.3 is 0 Å². The molecule has 0 aliphatic heterocycles. The van der Waals surface area contributed by atoms with Crippen LogP contribution in [0.5, 0.6) is 0 Å². The maximum Gasteiger partial charge on any atom is 0.238 e. The lowest BCUT2D eigenvalue weighted by molar-refractivity contribution is -0.115. The Kier molecular flexibility index (Phi) is 5.17. The van der Waals surface area contributed by atoms with E-state index in [2.05, 4.69) is 15.6 Å². The molecule has 1 aromatic carbocycles. The average Bonchev–Trinajstić information content (AvgIpc) is 2.49. The van der Waals surface area contributed by atoms with Crippen LogP contribution in [-0.4, -0.2) is 23.2 Å². The van der Waals surface area contributed by atoms with Gasteiger partial charge in [0.1, 0.15) is 0 Å². The van der Waals surface area contributed by atoms with Crippen molar-refractivity contribution in [3.05, 3.63) is 59.9 Å². The zero-order valence-corrected chi connectivity index (χ0v) is 11.8. The number of pyridine rings is 1. The van der Waals surface area contributed by atoms with Gasteiger partial charge in [-0.05, 0) is 43.3 Å². The van der Waals surface area contributed by atoms with Crippen molar-refractivity contribution in [2.24, 2.45) is 0 Å². The van der Waals surface area contributed by atoms with Gasteiger partial charge in [0.15, 0.2) is 5.78 Å². The second-order valence-electron chi connectivity index (χ2n) is 4.61. The molecule has 0 radical (unpaired) electrons.